The Kier molecular flexibility index (Phi) is 3.90. The van der Waals surface area contributed by atoms with E-state index in [0.717, 1.165) is 5.01 Å². The van der Waals surface area contributed by atoms with Crippen molar-refractivity contribution in [3.8, 4) is 0 Å². The number of aliphatic hydroxyl groups is 1. The fraction of sp³-hybridized carbons (Fsp3) is 0.643. The molecule has 0 bridgehead atoms. The van der Waals surface area contributed by atoms with Crippen molar-refractivity contribution < 1.29 is 24.2 Å². The Labute approximate surface area is 128 Å². The van der Waals surface area contributed by atoms with E-state index >= 15 is 0 Å². The van der Waals surface area contributed by atoms with Crippen LogP contribution in [0.3, 0.4) is 0 Å². The first kappa shape index (κ1) is 16.3. The molecule has 22 heavy (non-hydrogen) atoms. The maximum atomic E-state index is 12.5. The zero-order chi connectivity index (χ0) is 16.7. The molecule has 0 spiro atoms. The predicted octanol–water partition coefficient (Wildman–Crippen LogP) is 0.170. The van der Waals surface area contributed by atoms with Crippen LogP contribution in [0.15, 0.2) is 11.3 Å². The molecular weight excluding hydrogens is 290 g/mol. The van der Waals surface area contributed by atoms with Gasteiger partial charge in [-0.1, -0.05) is 0 Å². The van der Waals surface area contributed by atoms with Gasteiger partial charge in [-0.05, 0) is 33.6 Å². The number of nitrogens with zero attached hydrogens (tertiary/aromatic N) is 1. The number of primary amides is 1. The predicted molar refractivity (Wildman–Crippen MR) is 75.8 cm³/mol. The summed E-state index contributed by atoms with van der Waals surface area (Å²) in [4.78, 5) is 36.1. The standard InChI is InChI=1S/C14H21N3O5/c1-4-22-11(19)10-8(2)17(16-12(15)20)14(21)7-5-6-9(18)13(10,14)3/h21H,4-7H2,1-3H3,(H3,15,16,20). The minimum atomic E-state index is -1.73. The number of fused-ring (bicyclic) bond motifs is 1. The molecule has 122 valence electrons. The van der Waals surface area contributed by atoms with E-state index in [9.17, 15) is 19.5 Å². The molecule has 0 aromatic heterocycles. The van der Waals surface area contributed by atoms with E-state index in [4.69, 9.17) is 10.5 Å². The SMILES string of the molecule is CCOC(=O)C1=C(C)N(NC(N)=O)C2(O)CCCC(=O)C12C. The topological polar surface area (TPSA) is 122 Å². The summed E-state index contributed by atoms with van der Waals surface area (Å²) in [6.07, 6.45) is 0.917. The first-order valence-electron chi connectivity index (χ1n) is 7.20. The van der Waals surface area contributed by atoms with Crippen molar-refractivity contribution in [3.05, 3.63) is 11.3 Å². The van der Waals surface area contributed by atoms with Crippen molar-refractivity contribution in [1.82, 2.24) is 10.4 Å². The number of hydrazine groups is 1. The lowest BCUT2D eigenvalue weighted by atomic mass is 9.65. The molecule has 1 aliphatic carbocycles. The van der Waals surface area contributed by atoms with E-state index in [1.165, 1.54) is 13.8 Å². The zero-order valence-electron chi connectivity index (χ0n) is 12.9. The van der Waals surface area contributed by atoms with Crippen LogP contribution in [-0.2, 0) is 14.3 Å². The first-order chi connectivity index (χ1) is 10.2. The lowest BCUT2D eigenvalue weighted by Crippen LogP contribution is -2.64. The summed E-state index contributed by atoms with van der Waals surface area (Å²) in [6.45, 7) is 4.84. The number of carbonyl (C=O) groups excluding carboxylic acids is 3. The highest BCUT2D eigenvalue weighted by molar-refractivity contribution is 6.03. The van der Waals surface area contributed by atoms with Gasteiger partial charge in [0.2, 0.25) is 0 Å². The van der Waals surface area contributed by atoms with E-state index in [2.05, 4.69) is 5.43 Å². The number of allylic oxidation sites excluding steroid dienone is 1. The van der Waals surface area contributed by atoms with Crippen molar-refractivity contribution in [2.75, 3.05) is 6.61 Å². The maximum Gasteiger partial charge on any atom is 0.337 e. The molecule has 2 atom stereocenters. The lowest BCUT2D eigenvalue weighted by Gasteiger charge is -2.47. The number of carbonyl (C=O) groups is 3. The van der Waals surface area contributed by atoms with Crippen LogP contribution >= 0.6 is 0 Å². The number of urea groups is 1. The van der Waals surface area contributed by atoms with Crippen molar-refractivity contribution >= 4 is 17.8 Å². The Morgan fingerprint density at radius 1 is 1.50 bits per heavy atom. The van der Waals surface area contributed by atoms with Crippen LogP contribution < -0.4 is 11.2 Å². The van der Waals surface area contributed by atoms with E-state index in [0.29, 0.717) is 6.42 Å². The second-order valence-electron chi connectivity index (χ2n) is 5.71. The second kappa shape index (κ2) is 5.28. The van der Waals surface area contributed by atoms with E-state index in [1.54, 1.807) is 6.92 Å². The van der Waals surface area contributed by atoms with Crippen LogP contribution in [0.25, 0.3) is 0 Å². The van der Waals surface area contributed by atoms with Gasteiger partial charge in [-0.3, -0.25) is 9.80 Å². The number of ether oxygens (including phenoxy) is 1. The molecule has 4 N–H and O–H groups in total. The van der Waals surface area contributed by atoms with Gasteiger partial charge in [-0.2, -0.15) is 0 Å². The minimum Gasteiger partial charge on any atom is -0.463 e. The number of nitrogens with two attached hydrogens (primary N) is 1. The Bertz CT molecular complexity index is 573. The van der Waals surface area contributed by atoms with Gasteiger partial charge in [0.1, 0.15) is 11.2 Å². The van der Waals surface area contributed by atoms with Crippen LogP contribution in [-0.4, -0.2) is 40.2 Å². The molecule has 0 saturated heterocycles. The van der Waals surface area contributed by atoms with Gasteiger partial charge in [-0.25, -0.2) is 15.0 Å². The third kappa shape index (κ3) is 1.98. The third-order valence-corrected chi connectivity index (χ3v) is 4.56. The largest absolute Gasteiger partial charge is 0.463 e. The smallest absolute Gasteiger partial charge is 0.337 e. The fourth-order valence-corrected chi connectivity index (χ4v) is 3.49. The van der Waals surface area contributed by atoms with Crippen LogP contribution in [0.1, 0.15) is 40.0 Å². The summed E-state index contributed by atoms with van der Waals surface area (Å²) < 4.78 is 5.03. The average molecular weight is 311 g/mol. The van der Waals surface area contributed by atoms with Gasteiger partial charge in [0.15, 0.2) is 5.72 Å². The Morgan fingerprint density at radius 3 is 2.68 bits per heavy atom. The second-order valence-corrected chi connectivity index (χ2v) is 5.71. The van der Waals surface area contributed by atoms with Gasteiger partial charge < -0.3 is 15.6 Å². The van der Waals surface area contributed by atoms with Crippen molar-refractivity contribution in [2.24, 2.45) is 11.1 Å². The lowest BCUT2D eigenvalue weighted by molar-refractivity contribution is -0.186. The molecular formula is C14H21N3O5. The Morgan fingerprint density at radius 2 is 2.14 bits per heavy atom. The highest BCUT2D eigenvalue weighted by Crippen LogP contribution is 2.55. The van der Waals surface area contributed by atoms with Gasteiger partial charge in [0, 0.05) is 12.1 Å². The normalized spacial score (nSPS) is 31.1. The molecule has 2 amide bonds. The molecule has 0 radical (unpaired) electrons. The molecule has 1 saturated carbocycles. The highest BCUT2D eigenvalue weighted by atomic mass is 16.5. The molecule has 0 aromatic carbocycles. The molecule has 1 aliphatic heterocycles. The van der Waals surface area contributed by atoms with E-state index < -0.39 is 23.1 Å². The quantitative estimate of drug-likeness (QED) is 0.639. The van der Waals surface area contributed by atoms with Crippen LogP contribution in [0.2, 0.25) is 0 Å². The third-order valence-electron chi connectivity index (χ3n) is 4.56. The van der Waals surface area contributed by atoms with Crippen LogP contribution in [0.4, 0.5) is 4.79 Å². The van der Waals surface area contributed by atoms with E-state index in [1.807, 2.05) is 0 Å². The number of esters is 1. The fourth-order valence-electron chi connectivity index (χ4n) is 3.49. The Balaban J connectivity index is 2.61. The molecule has 8 heteroatoms. The first-order valence-corrected chi connectivity index (χ1v) is 7.20. The summed E-state index contributed by atoms with van der Waals surface area (Å²) in [5.41, 5.74) is 4.58. The molecule has 0 aromatic rings. The number of amides is 2. The number of Topliss-reactive ketones (excluding diaryl/α,β-unsaturated/α-hetero) is 1. The summed E-state index contributed by atoms with van der Waals surface area (Å²) in [6, 6.07) is -0.891. The molecule has 8 nitrogen and oxygen atoms in total. The van der Waals surface area contributed by atoms with Crippen molar-refractivity contribution in [3.63, 3.8) is 0 Å². The molecule has 2 aliphatic rings. The van der Waals surface area contributed by atoms with E-state index in [-0.39, 0.29) is 36.5 Å². The van der Waals surface area contributed by atoms with Gasteiger partial charge in [0.05, 0.1) is 12.2 Å². The zero-order valence-corrected chi connectivity index (χ0v) is 12.9. The monoisotopic (exact) mass is 311 g/mol. The summed E-state index contributed by atoms with van der Waals surface area (Å²) >= 11 is 0. The average Bonchev–Trinajstić information content (AvgIpc) is 2.58. The number of nitrogens with one attached hydrogen (secondary N) is 1. The molecule has 2 rings (SSSR count). The van der Waals surface area contributed by atoms with Crippen LogP contribution in [0, 0.1) is 5.41 Å². The van der Waals surface area contributed by atoms with Gasteiger partial charge in [0.25, 0.3) is 0 Å². The van der Waals surface area contributed by atoms with Crippen molar-refractivity contribution in [1.29, 1.82) is 0 Å². The molecule has 1 fully saturated rings. The van der Waals surface area contributed by atoms with Crippen LogP contribution in [0.5, 0.6) is 0 Å². The number of hydrogen-bond donors (Lipinski definition) is 3. The van der Waals surface area contributed by atoms with Gasteiger partial charge >= 0.3 is 12.0 Å². The summed E-state index contributed by atoms with van der Waals surface area (Å²) in [7, 11) is 0. The Hall–Kier alpha value is -2.09. The van der Waals surface area contributed by atoms with Gasteiger partial charge in [-0.15, -0.1) is 0 Å². The maximum absolute atomic E-state index is 12.5. The molecule has 2 unspecified atom stereocenters. The summed E-state index contributed by atoms with van der Waals surface area (Å²) in [5.74, 6) is -0.942. The molecule has 1 heterocycles. The summed E-state index contributed by atoms with van der Waals surface area (Å²) in [5, 5.41) is 12.2. The number of ketones is 1. The highest BCUT2D eigenvalue weighted by Gasteiger charge is 2.66. The number of rotatable bonds is 3. The van der Waals surface area contributed by atoms with Crippen molar-refractivity contribution in [2.45, 2.75) is 45.8 Å². The minimum absolute atomic E-state index is 0.0651. The number of hydrogen-bond acceptors (Lipinski definition) is 6.